The van der Waals surface area contributed by atoms with E-state index in [4.69, 9.17) is 20.2 Å². The Morgan fingerprint density at radius 3 is 2.67 bits per heavy atom. The summed E-state index contributed by atoms with van der Waals surface area (Å²) >= 11 is 1.62. The van der Waals surface area contributed by atoms with E-state index in [1.807, 2.05) is 18.2 Å². The van der Waals surface area contributed by atoms with Crippen LogP contribution in [0.1, 0.15) is 11.4 Å². The van der Waals surface area contributed by atoms with Gasteiger partial charge in [0.25, 0.3) is 0 Å². The van der Waals surface area contributed by atoms with E-state index in [1.165, 1.54) is 0 Å². The van der Waals surface area contributed by atoms with Crippen molar-refractivity contribution in [2.75, 3.05) is 14.2 Å². The second kappa shape index (κ2) is 5.38. The van der Waals surface area contributed by atoms with Crippen molar-refractivity contribution in [3.63, 3.8) is 0 Å². The van der Waals surface area contributed by atoms with Gasteiger partial charge in [-0.3, -0.25) is 4.40 Å². The molecule has 0 amide bonds. The number of benzene rings is 1. The van der Waals surface area contributed by atoms with Crippen LogP contribution < -0.4 is 15.2 Å². The molecule has 0 unspecified atom stereocenters. The van der Waals surface area contributed by atoms with E-state index in [1.54, 1.807) is 25.6 Å². The predicted molar refractivity (Wildman–Crippen MR) is 84.2 cm³/mol. The van der Waals surface area contributed by atoms with Crippen molar-refractivity contribution in [2.24, 2.45) is 5.73 Å². The summed E-state index contributed by atoms with van der Waals surface area (Å²) in [4.78, 5) is 5.67. The molecule has 0 aliphatic carbocycles. The highest BCUT2D eigenvalue weighted by molar-refractivity contribution is 7.15. The highest BCUT2D eigenvalue weighted by atomic mass is 32.1. The standard InChI is InChI=1S/C15H17N3O2S/c1-9-8-21-15-17-14(11(7-16)18(9)15)10-4-5-12(19-2)13(6-10)20-3/h4-6,8H,7,16H2,1-3H3. The quantitative estimate of drug-likeness (QED) is 0.805. The number of hydrogen-bond acceptors (Lipinski definition) is 5. The molecule has 6 heteroatoms. The third-order valence-corrected chi connectivity index (χ3v) is 4.42. The summed E-state index contributed by atoms with van der Waals surface area (Å²) in [6.45, 7) is 2.49. The zero-order valence-corrected chi connectivity index (χ0v) is 13.0. The van der Waals surface area contributed by atoms with Gasteiger partial charge < -0.3 is 15.2 Å². The van der Waals surface area contributed by atoms with Crippen molar-refractivity contribution in [2.45, 2.75) is 13.5 Å². The van der Waals surface area contributed by atoms with Gasteiger partial charge in [0.1, 0.15) is 0 Å². The largest absolute Gasteiger partial charge is 0.493 e. The molecule has 0 aliphatic heterocycles. The number of nitrogens with two attached hydrogens (primary N) is 1. The molecule has 0 saturated heterocycles. The van der Waals surface area contributed by atoms with Gasteiger partial charge >= 0.3 is 0 Å². The maximum absolute atomic E-state index is 5.94. The number of rotatable bonds is 4. The lowest BCUT2D eigenvalue weighted by atomic mass is 10.1. The lowest BCUT2D eigenvalue weighted by molar-refractivity contribution is 0.355. The van der Waals surface area contributed by atoms with Crippen LogP contribution >= 0.6 is 11.3 Å². The normalized spacial score (nSPS) is 11.0. The number of nitrogens with zero attached hydrogens (tertiary/aromatic N) is 2. The number of thiazole rings is 1. The van der Waals surface area contributed by atoms with E-state index < -0.39 is 0 Å². The first-order chi connectivity index (χ1) is 10.2. The summed E-state index contributed by atoms with van der Waals surface area (Å²) in [6.07, 6.45) is 0. The molecular weight excluding hydrogens is 286 g/mol. The molecule has 1 aromatic carbocycles. The summed E-state index contributed by atoms with van der Waals surface area (Å²) in [6, 6.07) is 5.79. The minimum Gasteiger partial charge on any atom is -0.493 e. The summed E-state index contributed by atoms with van der Waals surface area (Å²) < 4.78 is 12.7. The Morgan fingerprint density at radius 2 is 2.00 bits per heavy atom. The van der Waals surface area contributed by atoms with Crippen LogP contribution in [0.25, 0.3) is 16.2 Å². The summed E-state index contributed by atoms with van der Waals surface area (Å²) in [5, 5.41) is 2.08. The van der Waals surface area contributed by atoms with E-state index in [-0.39, 0.29) is 0 Å². The molecule has 0 atom stereocenters. The molecule has 3 aromatic rings. The Bertz CT molecular complexity index is 792. The van der Waals surface area contributed by atoms with Crippen molar-refractivity contribution in [1.82, 2.24) is 9.38 Å². The molecular formula is C15H17N3O2S. The number of aromatic nitrogens is 2. The maximum atomic E-state index is 5.94. The van der Waals surface area contributed by atoms with E-state index in [9.17, 15) is 0 Å². The topological polar surface area (TPSA) is 61.8 Å². The van der Waals surface area contributed by atoms with E-state index >= 15 is 0 Å². The van der Waals surface area contributed by atoms with Gasteiger partial charge in [-0.15, -0.1) is 11.3 Å². The van der Waals surface area contributed by atoms with Gasteiger partial charge in [0.2, 0.25) is 0 Å². The molecule has 0 spiro atoms. The molecule has 2 N–H and O–H groups in total. The summed E-state index contributed by atoms with van der Waals surface area (Å²) in [7, 11) is 3.25. The molecule has 5 nitrogen and oxygen atoms in total. The SMILES string of the molecule is COc1ccc(-c2nc3scc(C)n3c2CN)cc1OC. The van der Waals surface area contributed by atoms with Gasteiger partial charge in [-0.05, 0) is 25.1 Å². The van der Waals surface area contributed by atoms with Crippen molar-refractivity contribution >= 4 is 16.3 Å². The van der Waals surface area contributed by atoms with Gasteiger partial charge in [-0.1, -0.05) is 0 Å². The van der Waals surface area contributed by atoms with Crippen molar-refractivity contribution < 1.29 is 9.47 Å². The lowest BCUT2D eigenvalue weighted by Gasteiger charge is -2.09. The lowest BCUT2D eigenvalue weighted by Crippen LogP contribution is -2.03. The van der Waals surface area contributed by atoms with Gasteiger partial charge in [0, 0.05) is 23.2 Å². The van der Waals surface area contributed by atoms with Crippen LogP contribution in [0.5, 0.6) is 11.5 Å². The summed E-state index contributed by atoms with van der Waals surface area (Å²) in [5.74, 6) is 1.39. The fraction of sp³-hybridized carbons (Fsp3) is 0.267. The first-order valence-electron chi connectivity index (χ1n) is 6.57. The van der Waals surface area contributed by atoms with Crippen LogP contribution in [0.15, 0.2) is 23.6 Å². The number of hydrogen-bond donors (Lipinski definition) is 1. The van der Waals surface area contributed by atoms with Crippen LogP contribution in [-0.2, 0) is 6.54 Å². The van der Waals surface area contributed by atoms with Gasteiger partial charge in [-0.2, -0.15) is 0 Å². The highest BCUT2D eigenvalue weighted by Crippen LogP contribution is 2.34. The number of aryl methyl sites for hydroxylation is 1. The van der Waals surface area contributed by atoms with Crippen LogP contribution in [-0.4, -0.2) is 23.6 Å². The Kier molecular flexibility index (Phi) is 3.57. The molecule has 0 saturated carbocycles. The van der Waals surface area contributed by atoms with Crippen LogP contribution in [0.4, 0.5) is 0 Å². The molecule has 2 heterocycles. The fourth-order valence-electron chi connectivity index (χ4n) is 2.47. The smallest absolute Gasteiger partial charge is 0.194 e. The number of imidazole rings is 1. The van der Waals surface area contributed by atoms with Gasteiger partial charge in [0.05, 0.1) is 25.6 Å². The second-order valence-corrected chi connectivity index (χ2v) is 5.51. The average molecular weight is 303 g/mol. The highest BCUT2D eigenvalue weighted by Gasteiger charge is 2.17. The van der Waals surface area contributed by atoms with Crippen LogP contribution in [0.3, 0.4) is 0 Å². The average Bonchev–Trinajstić information content (AvgIpc) is 3.06. The zero-order chi connectivity index (χ0) is 15.0. The Balaban J connectivity index is 2.20. The van der Waals surface area contributed by atoms with E-state index in [2.05, 4.69) is 16.7 Å². The zero-order valence-electron chi connectivity index (χ0n) is 12.2. The van der Waals surface area contributed by atoms with Crippen LogP contribution in [0.2, 0.25) is 0 Å². The third kappa shape index (κ3) is 2.16. The minimum atomic E-state index is 0.433. The third-order valence-electron chi connectivity index (χ3n) is 3.48. The minimum absolute atomic E-state index is 0.433. The molecule has 0 aliphatic rings. The van der Waals surface area contributed by atoms with E-state index in [0.29, 0.717) is 18.0 Å². The molecule has 21 heavy (non-hydrogen) atoms. The first-order valence-corrected chi connectivity index (χ1v) is 7.45. The van der Waals surface area contributed by atoms with Crippen molar-refractivity contribution in [3.05, 3.63) is 35.0 Å². The molecule has 3 rings (SSSR count). The molecule has 0 radical (unpaired) electrons. The number of fused-ring (bicyclic) bond motifs is 1. The molecule has 0 fully saturated rings. The Morgan fingerprint density at radius 1 is 1.24 bits per heavy atom. The predicted octanol–water partition coefficient (Wildman–Crippen LogP) is 2.85. The second-order valence-electron chi connectivity index (χ2n) is 4.68. The molecule has 0 bridgehead atoms. The molecule has 110 valence electrons. The number of ether oxygens (including phenoxy) is 2. The monoisotopic (exact) mass is 303 g/mol. The Labute approximate surface area is 126 Å². The fourth-order valence-corrected chi connectivity index (χ4v) is 3.35. The summed E-state index contributed by atoms with van der Waals surface area (Å²) in [5.41, 5.74) is 9.97. The maximum Gasteiger partial charge on any atom is 0.194 e. The van der Waals surface area contributed by atoms with Crippen molar-refractivity contribution in [3.8, 4) is 22.8 Å². The van der Waals surface area contributed by atoms with Crippen LogP contribution in [0, 0.1) is 6.92 Å². The first kappa shape index (κ1) is 13.9. The van der Waals surface area contributed by atoms with Gasteiger partial charge in [-0.25, -0.2) is 4.98 Å². The van der Waals surface area contributed by atoms with E-state index in [0.717, 1.165) is 27.6 Å². The molecule has 2 aromatic heterocycles. The van der Waals surface area contributed by atoms with Gasteiger partial charge in [0.15, 0.2) is 16.5 Å². The Hall–Kier alpha value is -2.05. The van der Waals surface area contributed by atoms with Crippen molar-refractivity contribution in [1.29, 1.82) is 0 Å². The number of methoxy groups -OCH3 is 2.